The Morgan fingerprint density at radius 1 is 0.585 bits per heavy atom. The van der Waals surface area contributed by atoms with Crippen LogP contribution >= 0.6 is 0 Å². The Balaban J connectivity index is 0.000000762. The first-order chi connectivity index (χ1) is 18.9. The number of esters is 4. The molecule has 6 N–H and O–H groups in total. The normalized spacial score (nSPS) is 11.0. The van der Waals surface area contributed by atoms with E-state index in [1.54, 1.807) is 0 Å². The van der Waals surface area contributed by atoms with E-state index >= 15 is 0 Å². The number of amides is 2. The van der Waals surface area contributed by atoms with Gasteiger partial charge < -0.3 is 45.3 Å². The summed E-state index contributed by atoms with van der Waals surface area (Å²) in [5, 5.41) is 23.2. The molecular formula is C26H32N2O13. The van der Waals surface area contributed by atoms with Crippen LogP contribution in [-0.4, -0.2) is 79.8 Å². The van der Waals surface area contributed by atoms with Gasteiger partial charge in [0.15, 0.2) is 12.1 Å². The molecule has 2 aromatic rings. The average molecular weight is 581 g/mol. The van der Waals surface area contributed by atoms with Gasteiger partial charge in [-0.3, -0.25) is 19.2 Å². The van der Waals surface area contributed by atoms with E-state index in [1.807, 2.05) is 0 Å². The molecule has 0 aromatic heterocycles. The van der Waals surface area contributed by atoms with Gasteiger partial charge in [0, 0.05) is 0 Å². The summed E-state index contributed by atoms with van der Waals surface area (Å²) in [6.07, 6.45) is -0.996. The predicted molar refractivity (Wildman–Crippen MR) is 139 cm³/mol. The van der Waals surface area contributed by atoms with Crippen LogP contribution in [0.2, 0.25) is 0 Å². The van der Waals surface area contributed by atoms with Crippen molar-refractivity contribution in [2.75, 3.05) is 28.4 Å². The molecule has 2 rings (SSSR count). The van der Waals surface area contributed by atoms with E-state index in [-0.39, 0.29) is 17.0 Å². The second-order valence-corrected chi connectivity index (χ2v) is 7.74. The molecule has 15 nitrogen and oxygen atoms in total. The second-order valence-electron chi connectivity index (χ2n) is 7.74. The van der Waals surface area contributed by atoms with Gasteiger partial charge in [0.05, 0.1) is 28.4 Å². The van der Waals surface area contributed by atoms with Crippen LogP contribution in [0, 0.1) is 0 Å². The van der Waals surface area contributed by atoms with Gasteiger partial charge in [-0.15, -0.1) is 0 Å². The number of phenolic OH excluding ortho intramolecular Hbond substituents is 2. The molecule has 0 saturated heterocycles. The first kappa shape index (κ1) is 35.8. The molecular weight excluding hydrogens is 548 g/mol. The van der Waals surface area contributed by atoms with Crippen LogP contribution in [0.4, 0.5) is 0 Å². The van der Waals surface area contributed by atoms with Crippen molar-refractivity contribution < 1.29 is 63.4 Å². The summed E-state index contributed by atoms with van der Waals surface area (Å²) in [6.45, 7) is 0. The van der Waals surface area contributed by atoms with E-state index in [4.69, 9.17) is 0 Å². The smallest absolute Gasteiger partial charge is 0.333 e. The lowest BCUT2D eigenvalue weighted by Gasteiger charge is -2.16. The Hall–Kier alpha value is -5.18. The molecule has 0 saturated carbocycles. The van der Waals surface area contributed by atoms with Crippen LogP contribution in [0.15, 0.2) is 48.5 Å². The summed E-state index contributed by atoms with van der Waals surface area (Å²) in [5.41, 5.74) is 0.848. The molecule has 0 unspecified atom stereocenters. The molecule has 0 radical (unpaired) electrons. The highest BCUT2D eigenvalue weighted by atomic mass is 16.5. The fourth-order valence-corrected chi connectivity index (χ4v) is 2.96. The standard InChI is InChI=1S/2C13H15NO6.H2O/c2*1-19-11(17)7-10(16)14-12(13(18)20-2)8-3-5-9(15)6-4-8;/h2*3-6,12,15H,7H2,1-2H3,(H,14,16);1H2/t2*12-;/m00./s1. The second kappa shape index (κ2) is 18.2. The number of benzene rings is 2. The molecule has 0 bridgehead atoms. The lowest BCUT2D eigenvalue weighted by molar-refractivity contribution is -0.148. The minimum atomic E-state index is -1.06. The van der Waals surface area contributed by atoms with E-state index in [0.717, 1.165) is 14.2 Å². The summed E-state index contributed by atoms with van der Waals surface area (Å²) in [4.78, 5) is 68.6. The minimum absolute atomic E-state index is 0. The molecule has 224 valence electrons. The maximum atomic E-state index is 11.7. The van der Waals surface area contributed by atoms with Crippen molar-refractivity contribution in [3.8, 4) is 11.5 Å². The van der Waals surface area contributed by atoms with Crippen molar-refractivity contribution in [1.82, 2.24) is 10.6 Å². The van der Waals surface area contributed by atoms with Gasteiger partial charge in [0.1, 0.15) is 24.3 Å². The van der Waals surface area contributed by atoms with Gasteiger partial charge in [0.2, 0.25) is 11.8 Å². The number of ether oxygens (including phenoxy) is 4. The lowest BCUT2D eigenvalue weighted by Crippen LogP contribution is -2.35. The molecule has 0 heterocycles. The van der Waals surface area contributed by atoms with E-state index in [1.165, 1.54) is 62.8 Å². The van der Waals surface area contributed by atoms with Gasteiger partial charge in [0.25, 0.3) is 0 Å². The van der Waals surface area contributed by atoms with Crippen LogP contribution < -0.4 is 10.6 Å². The first-order valence-corrected chi connectivity index (χ1v) is 11.4. The Labute approximate surface area is 234 Å². The maximum Gasteiger partial charge on any atom is 0.333 e. The molecule has 2 aromatic carbocycles. The van der Waals surface area contributed by atoms with Crippen LogP contribution in [-0.2, 0) is 47.7 Å². The number of hydrogen-bond donors (Lipinski definition) is 4. The number of nitrogens with one attached hydrogen (secondary N) is 2. The van der Waals surface area contributed by atoms with Crippen molar-refractivity contribution in [3.05, 3.63) is 59.7 Å². The molecule has 0 aliphatic heterocycles. The van der Waals surface area contributed by atoms with Gasteiger partial charge >= 0.3 is 23.9 Å². The Kier molecular flexibility index (Phi) is 15.9. The number of carbonyl (C=O) groups is 6. The fraction of sp³-hybridized carbons (Fsp3) is 0.308. The van der Waals surface area contributed by atoms with Crippen LogP contribution in [0.25, 0.3) is 0 Å². The third-order valence-corrected chi connectivity index (χ3v) is 5.00. The van der Waals surface area contributed by atoms with Crippen LogP contribution in [0.5, 0.6) is 11.5 Å². The fourth-order valence-electron chi connectivity index (χ4n) is 2.96. The van der Waals surface area contributed by atoms with Crippen molar-refractivity contribution in [2.45, 2.75) is 24.9 Å². The number of methoxy groups -OCH3 is 4. The molecule has 0 aliphatic carbocycles. The average Bonchev–Trinajstić information content (AvgIpc) is 2.95. The number of carbonyl (C=O) groups excluding carboxylic acids is 6. The van der Waals surface area contributed by atoms with Crippen molar-refractivity contribution in [2.24, 2.45) is 0 Å². The number of aromatic hydroxyl groups is 2. The molecule has 15 heteroatoms. The summed E-state index contributed by atoms with van der Waals surface area (Å²) in [6, 6.07) is 9.25. The maximum absolute atomic E-state index is 11.7. The Bertz CT molecular complexity index is 1090. The largest absolute Gasteiger partial charge is 0.508 e. The highest BCUT2D eigenvalue weighted by molar-refractivity contribution is 5.97. The highest BCUT2D eigenvalue weighted by Gasteiger charge is 2.25. The summed E-state index contributed by atoms with van der Waals surface area (Å²) in [7, 11) is 4.69. The zero-order valence-electron chi connectivity index (χ0n) is 22.7. The van der Waals surface area contributed by atoms with Crippen LogP contribution in [0.3, 0.4) is 0 Å². The van der Waals surface area contributed by atoms with Gasteiger partial charge in [-0.05, 0) is 35.4 Å². The Morgan fingerprint density at radius 2 is 0.878 bits per heavy atom. The SMILES string of the molecule is COC(=O)CC(=O)N[C@H](C(=O)OC)c1ccc(O)cc1.COC(=O)CC(=O)N[C@H](C(=O)OC)c1ccc(O)cc1.O. The topological polar surface area (TPSA) is 235 Å². The number of rotatable bonds is 10. The highest BCUT2D eigenvalue weighted by Crippen LogP contribution is 2.19. The van der Waals surface area contributed by atoms with Crippen molar-refractivity contribution >= 4 is 35.7 Å². The van der Waals surface area contributed by atoms with E-state index < -0.39 is 60.6 Å². The summed E-state index contributed by atoms with van der Waals surface area (Å²) < 4.78 is 17.9. The minimum Gasteiger partial charge on any atom is -0.508 e. The monoisotopic (exact) mass is 580 g/mol. The zero-order chi connectivity index (χ0) is 30.2. The van der Waals surface area contributed by atoms with Crippen LogP contribution in [0.1, 0.15) is 36.1 Å². The van der Waals surface area contributed by atoms with Gasteiger partial charge in [-0.1, -0.05) is 24.3 Å². The number of hydrogen-bond acceptors (Lipinski definition) is 12. The molecule has 2 atom stereocenters. The molecule has 0 fully saturated rings. The summed E-state index contributed by atoms with van der Waals surface area (Å²) in [5.74, 6) is -4.08. The zero-order valence-corrected chi connectivity index (χ0v) is 22.7. The van der Waals surface area contributed by atoms with E-state index in [2.05, 4.69) is 29.6 Å². The molecule has 2 amide bonds. The molecule has 41 heavy (non-hydrogen) atoms. The van der Waals surface area contributed by atoms with Gasteiger partial charge in [-0.2, -0.15) is 0 Å². The predicted octanol–water partition coefficient (Wildman–Crippen LogP) is -0.253. The van der Waals surface area contributed by atoms with E-state index in [0.29, 0.717) is 11.1 Å². The first-order valence-electron chi connectivity index (χ1n) is 11.4. The van der Waals surface area contributed by atoms with Crippen molar-refractivity contribution in [1.29, 1.82) is 0 Å². The summed E-state index contributed by atoms with van der Waals surface area (Å²) >= 11 is 0. The third kappa shape index (κ3) is 12.5. The molecule has 0 aliphatic rings. The third-order valence-electron chi connectivity index (χ3n) is 5.00. The number of phenols is 2. The van der Waals surface area contributed by atoms with Crippen molar-refractivity contribution in [3.63, 3.8) is 0 Å². The lowest BCUT2D eigenvalue weighted by atomic mass is 10.1. The Morgan fingerprint density at radius 3 is 1.12 bits per heavy atom. The van der Waals surface area contributed by atoms with Gasteiger partial charge in [-0.25, -0.2) is 9.59 Å². The van der Waals surface area contributed by atoms with E-state index in [9.17, 15) is 39.0 Å². The quantitative estimate of drug-likeness (QED) is 0.162. The molecule has 0 spiro atoms.